The molecule has 9 nitrogen and oxygen atoms in total. The molecule has 2 N–H and O–H groups in total. The number of amides is 1. The van der Waals surface area contributed by atoms with Gasteiger partial charge >= 0.3 is 0 Å². The molecule has 2 aromatic rings. The van der Waals surface area contributed by atoms with Gasteiger partial charge in [-0.25, -0.2) is 8.42 Å². The topological polar surface area (TPSA) is 131 Å². The van der Waals surface area contributed by atoms with Crippen LogP contribution in [-0.4, -0.2) is 37.9 Å². The molecule has 1 amide bonds. The summed E-state index contributed by atoms with van der Waals surface area (Å²) >= 11 is 1.21. The zero-order valence-electron chi connectivity index (χ0n) is 15.4. The van der Waals surface area contributed by atoms with Crippen molar-refractivity contribution in [2.75, 3.05) is 18.1 Å². The smallest absolute Gasteiger partial charge is 0.283 e. The number of aliphatic imine (C=N–C) groups is 1. The van der Waals surface area contributed by atoms with E-state index in [2.05, 4.69) is 15.0 Å². The highest BCUT2D eigenvalue weighted by atomic mass is 32.2. The van der Waals surface area contributed by atoms with E-state index < -0.39 is 20.9 Å². The molecule has 11 heteroatoms. The maximum atomic E-state index is 12.5. The number of anilines is 1. The summed E-state index contributed by atoms with van der Waals surface area (Å²) in [6.07, 6.45) is 3.08. The van der Waals surface area contributed by atoms with Gasteiger partial charge in [0.2, 0.25) is 0 Å². The molecular weight excluding hydrogens is 416 g/mol. The molecule has 2 aromatic carbocycles. The van der Waals surface area contributed by atoms with Crippen LogP contribution in [0.4, 0.5) is 11.4 Å². The summed E-state index contributed by atoms with van der Waals surface area (Å²) in [6, 6.07) is 9.95. The van der Waals surface area contributed by atoms with Gasteiger partial charge in [-0.05, 0) is 43.0 Å². The number of carbonyl (C=O) groups is 1. The van der Waals surface area contributed by atoms with Crippen molar-refractivity contribution in [1.29, 1.82) is 0 Å². The zero-order valence-corrected chi connectivity index (χ0v) is 17.0. The lowest BCUT2D eigenvalue weighted by atomic mass is 10.2. The van der Waals surface area contributed by atoms with Gasteiger partial charge in [-0.3, -0.25) is 24.6 Å². The molecule has 0 fully saturated rings. The number of thioether (sulfide) groups is 1. The quantitative estimate of drug-likeness (QED) is 0.408. The first kappa shape index (κ1) is 20.8. The van der Waals surface area contributed by atoms with Gasteiger partial charge in [0.05, 0.1) is 14.7 Å². The minimum Gasteiger partial charge on any atom is -0.322 e. The van der Waals surface area contributed by atoms with Crippen molar-refractivity contribution in [3.8, 4) is 0 Å². The van der Waals surface area contributed by atoms with Crippen LogP contribution in [0, 0.1) is 10.1 Å². The second-order valence-corrected chi connectivity index (χ2v) is 8.69. The highest BCUT2D eigenvalue weighted by Crippen LogP contribution is 2.28. The van der Waals surface area contributed by atoms with Gasteiger partial charge in [-0.1, -0.05) is 6.07 Å². The minimum absolute atomic E-state index is 0.0198. The van der Waals surface area contributed by atoms with E-state index in [0.29, 0.717) is 23.7 Å². The molecule has 0 aromatic heterocycles. The van der Waals surface area contributed by atoms with E-state index in [4.69, 9.17) is 0 Å². The van der Waals surface area contributed by atoms with Crippen LogP contribution in [0.1, 0.15) is 23.2 Å². The molecule has 0 bridgehead atoms. The molecule has 152 valence electrons. The molecule has 0 atom stereocenters. The maximum Gasteiger partial charge on any atom is 0.283 e. The summed E-state index contributed by atoms with van der Waals surface area (Å²) in [6.45, 7) is 0.593. The van der Waals surface area contributed by atoms with Crippen molar-refractivity contribution in [3.05, 3.63) is 58.1 Å². The van der Waals surface area contributed by atoms with Crippen molar-refractivity contribution in [2.24, 2.45) is 4.99 Å². The molecule has 0 saturated heterocycles. The van der Waals surface area contributed by atoms with Gasteiger partial charge < -0.3 is 5.32 Å². The van der Waals surface area contributed by atoms with Crippen molar-refractivity contribution < 1.29 is 18.1 Å². The number of nitrogens with one attached hydrogen (secondary N) is 2. The Hall–Kier alpha value is -2.92. The van der Waals surface area contributed by atoms with Crippen molar-refractivity contribution in [3.63, 3.8) is 0 Å². The molecule has 0 unspecified atom stereocenters. The SMILES string of the molecule is CSc1ccc(C(=O)Nc2cccc(S(=O)(=O)NC3=NCCC3)c2)cc1[N+](=O)[O-]. The molecule has 1 heterocycles. The number of nitro benzene ring substituents is 1. The minimum atomic E-state index is -3.82. The Bertz CT molecular complexity index is 1100. The lowest BCUT2D eigenvalue weighted by molar-refractivity contribution is -0.387. The number of carbonyl (C=O) groups excluding carboxylic acids is 1. The van der Waals surface area contributed by atoms with Crippen LogP contribution in [-0.2, 0) is 10.0 Å². The molecule has 3 rings (SSSR count). The highest BCUT2D eigenvalue weighted by Gasteiger charge is 2.20. The Labute approximate surface area is 171 Å². The Morgan fingerprint density at radius 2 is 2.03 bits per heavy atom. The number of hydrogen-bond acceptors (Lipinski definition) is 7. The number of amidine groups is 1. The monoisotopic (exact) mass is 434 g/mol. The van der Waals surface area contributed by atoms with Gasteiger partial charge in [0, 0.05) is 30.3 Å². The number of rotatable bonds is 6. The second-order valence-electron chi connectivity index (χ2n) is 6.16. The zero-order chi connectivity index (χ0) is 21.0. The summed E-state index contributed by atoms with van der Waals surface area (Å²) in [7, 11) is -3.82. The predicted octanol–water partition coefficient (Wildman–Crippen LogP) is 3.04. The fraction of sp³-hybridized carbons (Fsp3) is 0.222. The summed E-state index contributed by atoms with van der Waals surface area (Å²) in [5.74, 6) is -0.163. The molecular formula is C18H18N4O5S2. The first-order valence-corrected chi connectivity index (χ1v) is 11.3. The Kier molecular flexibility index (Phi) is 6.18. The number of nitro groups is 1. The molecule has 0 saturated carbocycles. The van der Waals surface area contributed by atoms with Crippen molar-refractivity contribution >= 4 is 44.9 Å². The molecule has 0 aliphatic carbocycles. The fourth-order valence-corrected chi connectivity index (χ4v) is 4.44. The Balaban J connectivity index is 1.80. The second kappa shape index (κ2) is 8.62. The van der Waals surface area contributed by atoms with Crippen LogP contribution >= 0.6 is 11.8 Å². The van der Waals surface area contributed by atoms with Crippen LogP contribution in [0.3, 0.4) is 0 Å². The van der Waals surface area contributed by atoms with Crippen LogP contribution in [0.25, 0.3) is 0 Å². The standard InChI is InChI=1S/C18H18N4O5S2/c1-28-16-8-7-12(10-15(16)22(24)25)18(23)20-13-4-2-5-14(11-13)29(26,27)21-17-6-3-9-19-17/h2,4-5,7-8,10-11H,3,6,9H2,1H3,(H,19,21)(H,20,23). The average Bonchev–Trinajstić information content (AvgIpc) is 3.20. The third-order valence-corrected chi connectivity index (χ3v) is 6.33. The molecule has 29 heavy (non-hydrogen) atoms. The van der Waals surface area contributed by atoms with Gasteiger partial charge in [-0.2, -0.15) is 0 Å². The van der Waals surface area contributed by atoms with Gasteiger partial charge in [0.1, 0.15) is 5.84 Å². The van der Waals surface area contributed by atoms with Gasteiger partial charge in [0.15, 0.2) is 0 Å². The summed E-state index contributed by atoms with van der Waals surface area (Å²) in [5, 5.41) is 13.8. The fourth-order valence-electron chi connectivity index (χ4n) is 2.76. The van der Waals surface area contributed by atoms with E-state index >= 15 is 0 Å². The predicted molar refractivity (Wildman–Crippen MR) is 111 cm³/mol. The molecule has 1 aliphatic rings. The van der Waals surface area contributed by atoms with E-state index in [1.54, 1.807) is 6.26 Å². The Morgan fingerprint density at radius 3 is 2.69 bits per heavy atom. The molecule has 1 aliphatic heterocycles. The average molecular weight is 434 g/mol. The lowest BCUT2D eigenvalue weighted by Gasteiger charge is -2.10. The number of sulfonamides is 1. The molecule has 0 spiro atoms. The molecule has 0 radical (unpaired) electrons. The van der Waals surface area contributed by atoms with E-state index in [9.17, 15) is 23.3 Å². The lowest BCUT2D eigenvalue weighted by Crippen LogP contribution is -2.29. The van der Waals surface area contributed by atoms with Gasteiger partial charge in [0.25, 0.3) is 21.6 Å². The van der Waals surface area contributed by atoms with Crippen molar-refractivity contribution in [1.82, 2.24) is 4.72 Å². The van der Waals surface area contributed by atoms with E-state index in [1.165, 1.54) is 54.2 Å². The van der Waals surface area contributed by atoms with E-state index in [0.717, 1.165) is 6.42 Å². The summed E-state index contributed by atoms with van der Waals surface area (Å²) < 4.78 is 27.5. The van der Waals surface area contributed by atoms with Crippen LogP contribution < -0.4 is 10.0 Å². The number of nitrogens with zero attached hydrogens (tertiary/aromatic N) is 2. The normalized spacial score (nSPS) is 13.6. The highest BCUT2D eigenvalue weighted by molar-refractivity contribution is 7.98. The van der Waals surface area contributed by atoms with E-state index in [1.807, 2.05) is 0 Å². The van der Waals surface area contributed by atoms with Crippen molar-refractivity contribution in [2.45, 2.75) is 22.6 Å². The third-order valence-electron chi connectivity index (χ3n) is 4.17. The summed E-state index contributed by atoms with van der Waals surface area (Å²) in [5.41, 5.74) is 0.187. The van der Waals surface area contributed by atoms with Crippen LogP contribution in [0.5, 0.6) is 0 Å². The Morgan fingerprint density at radius 1 is 1.24 bits per heavy atom. The van der Waals surface area contributed by atoms with Crippen LogP contribution in [0.15, 0.2) is 57.2 Å². The summed E-state index contributed by atoms with van der Waals surface area (Å²) in [4.78, 5) is 27.7. The first-order valence-electron chi connectivity index (χ1n) is 8.60. The number of benzene rings is 2. The van der Waals surface area contributed by atoms with E-state index in [-0.39, 0.29) is 21.8 Å². The largest absolute Gasteiger partial charge is 0.322 e. The maximum absolute atomic E-state index is 12.5. The third kappa shape index (κ3) is 4.93. The number of hydrogen-bond donors (Lipinski definition) is 2. The first-order chi connectivity index (χ1) is 13.8. The van der Waals surface area contributed by atoms with Gasteiger partial charge in [-0.15, -0.1) is 11.8 Å². The van der Waals surface area contributed by atoms with Crippen LogP contribution in [0.2, 0.25) is 0 Å².